The quantitative estimate of drug-likeness (QED) is 0.435. The lowest BCUT2D eigenvalue weighted by Crippen LogP contribution is -2.49. The van der Waals surface area contributed by atoms with Crippen LogP contribution in [0, 0.1) is 0 Å². The summed E-state index contributed by atoms with van der Waals surface area (Å²) in [5.74, 6) is -0.836. The minimum Gasteiger partial charge on any atom is -0.482 e. The Morgan fingerprint density at radius 2 is 1.71 bits per heavy atom. The lowest BCUT2D eigenvalue weighted by molar-refractivity contribution is -0.121. The Morgan fingerprint density at radius 1 is 1.04 bits per heavy atom. The average Bonchev–Trinajstić information content (AvgIpc) is 2.65. The molecule has 0 saturated heterocycles. The van der Waals surface area contributed by atoms with Crippen molar-refractivity contribution < 1.29 is 19.1 Å². The Labute approximate surface area is 171 Å². The molecule has 0 fully saturated rings. The highest BCUT2D eigenvalue weighted by molar-refractivity contribution is 7.80. The maximum absolute atomic E-state index is 12.0. The number of thiocarbonyl (C=S) groups is 1. The normalized spacial score (nSPS) is 9.79. The number of carbonyl (C=O) groups is 3. The SMILES string of the molecule is CC(=O)Nc1ccc(C(=O)NNC(=S)NC(=O)COc2ccccc2Cl)cc1. The predicted octanol–water partition coefficient (Wildman–Crippen LogP) is 2.01. The van der Waals surface area contributed by atoms with Gasteiger partial charge < -0.3 is 10.1 Å². The van der Waals surface area contributed by atoms with Gasteiger partial charge in [-0.2, -0.15) is 0 Å². The monoisotopic (exact) mass is 420 g/mol. The Morgan fingerprint density at radius 3 is 2.36 bits per heavy atom. The highest BCUT2D eigenvalue weighted by Gasteiger charge is 2.09. The molecule has 146 valence electrons. The lowest BCUT2D eigenvalue weighted by atomic mass is 10.2. The van der Waals surface area contributed by atoms with Gasteiger partial charge in [-0.25, -0.2) is 0 Å². The van der Waals surface area contributed by atoms with Crippen LogP contribution in [0.15, 0.2) is 48.5 Å². The van der Waals surface area contributed by atoms with Crippen LogP contribution in [-0.4, -0.2) is 29.4 Å². The van der Waals surface area contributed by atoms with Gasteiger partial charge in [-0.3, -0.25) is 30.6 Å². The van der Waals surface area contributed by atoms with E-state index in [-0.39, 0.29) is 17.6 Å². The summed E-state index contributed by atoms with van der Waals surface area (Å²) in [4.78, 5) is 34.8. The minimum absolute atomic E-state index is 0.101. The van der Waals surface area contributed by atoms with E-state index in [1.807, 2.05) is 0 Å². The molecule has 0 bridgehead atoms. The van der Waals surface area contributed by atoms with Gasteiger partial charge in [-0.05, 0) is 48.6 Å². The van der Waals surface area contributed by atoms with E-state index in [0.29, 0.717) is 22.0 Å². The maximum Gasteiger partial charge on any atom is 0.269 e. The molecule has 0 aromatic heterocycles. The first-order valence-corrected chi connectivity index (χ1v) is 8.79. The van der Waals surface area contributed by atoms with E-state index in [1.54, 1.807) is 36.4 Å². The van der Waals surface area contributed by atoms with Gasteiger partial charge in [0.05, 0.1) is 5.02 Å². The van der Waals surface area contributed by atoms with Crippen molar-refractivity contribution in [1.82, 2.24) is 16.2 Å². The molecule has 0 aliphatic rings. The molecule has 8 nitrogen and oxygen atoms in total. The molecule has 0 heterocycles. The smallest absolute Gasteiger partial charge is 0.269 e. The zero-order chi connectivity index (χ0) is 20.5. The van der Waals surface area contributed by atoms with Crippen LogP contribution >= 0.6 is 23.8 Å². The summed E-state index contributed by atoms with van der Waals surface area (Å²) in [6.45, 7) is 1.09. The molecule has 0 unspecified atom stereocenters. The largest absolute Gasteiger partial charge is 0.482 e. The molecular weight excluding hydrogens is 404 g/mol. The average molecular weight is 421 g/mol. The zero-order valence-electron chi connectivity index (χ0n) is 14.7. The zero-order valence-corrected chi connectivity index (χ0v) is 16.3. The number of hydrazine groups is 1. The fraction of sp³-hybridized carbons (Fsp3) is 0.111. The van der Waals surface area contributed by atoms with E-state index >= 15 is 0 Å². The van der Waals surface area contributed by atoms with Crippen LogP contribution in [0.25, 0.3) is 0 Å². The van der Waals surface area contributed by atoms with Crippen LogP contribution in [-0.2, 0) is 9.59 Å². The predicted molar refractivity (Wildman–Crippen MR) is 109 cm³/mol. The topological polar surface area (TPSA) is 109 Å². The number of rotatable bonds is 5. The Hall–Kier alpha value is -3.17. The van der Waals surface area contributed by atoms with E-state index in [0.717, 1.165) is 0 Å². The van der Waals surface area contributed by atoms with E-state index in [1.165, 1.54) is 19.1 Å². The van der Waals surface area contributed by atoms with Crippen LogP contribution in [0.2, 0.25) is 5.02 Å². The fourth-order valence-electron chi connectivity index (χ4n) is 1.99. The van der Waals surface area contributed by atoms with E-state index in [2.05, 4.69) is 21.5 Å². The van der Waals surface area contributed by atoms with E-state index in [9.17, 15) is 14.4 Å². The minimum atomic E-state index is -0.522. The Balaban J connectivity index is 1.75. The number of amides is 3. The van der Waals surface area contributed by atoms with Gasteiger partial charge in [-0.1, -0.05) is 23.7 Å². The van der Waals surface area contributed by atoms with Crippen molar-refractivity contribution in [3.8, 4) is 5.75 Å². The number of benzene rings is 2. The third kappa shape index (κ3) is 6.86. The molecule has 0 saturated carbocycles. The molecule has 2 aromatic rings. The van der Waals surface area contributed by atoms with Crippen LogP contribution in [0.1, 0.15) is 17.3 Å². The summed E-state index contributed by atoms with van der Waals surface area (Å²) in [5, 5.41) is 5.23. The number of anilines is 1. The third-order valence-corrected chi connectivity index (χ3v) is 3.72. The van der Waals surface area contributed by atoms with Gasteiger partial charge >= 0.3 is 0 Å². The first-order valence-electron chi connectivity index (χ1n) is 8.00. The summed E-state index contributed by atoms with van der Waals surface area (Å²) < 4.78 is 5.28. The molecule has 0 aliphatic carbocycles. The number of ether oxygens (including phenoxy) is 1. The van der Waals surface area contributed by atoms with Crippen molar-refractivity contribution in [2.24, 2.45) is 0 Å². The van der Waals surface area contributed by atoms with E-state index in [4.69, 9.17) is 28.6 Å². The summed E-state index contributed by atoms with van der Waals surface area (Å²) in [6.07, 6.45) is 0. The Bertz CT molecular complexity index is 889. The van der Waals surface area contributed by atoms with Crippen molar-refractivity contribution in [3.05, 3.63) is 59.1 Å². The molecular formula is C18H17ClN4O4S. The van der Waals surface area contributed by atoms with E-state index < -0.39 is 11.8 Å². The van der Waals surface area contributed by atoms with Crippen LogP contribution in [0.5, 0.6) is 5.75 Å². The second-order valence-corrected chi connectivity index (χ2v) is 6.25. The van der Waals surface area contributed by atoms with Gasteiger partial charge in [-0.15, -0.1) is 0 Å². The number of hydrogen-bond acceptors (Lipinski definition) is 5. The Kier molecular flexibility index (Phi) is 7.73. The highest BCUT2D eigenvalue weighted by Crippen LogP contribution is 2.22. The van der Waals surface area contributed by atoms with Crippen LogP contribution < -0.4 is 26.2 Å². The molecule has 0 atom stereocenters. The first kappa shape index (κ1) is 21.1. The van der Waals surface area contributed by atoms with Crippen molar-refractivity contribution in [2.75, 3.05) is 11.9 Å². The lowest BCUT2D eigenvalue weighted by Gasteiger charge is -2.12. The molecule has 0 aliphatic heterocycles. The van der Waals surface area contributed by atoms with Gasteiger partial charge in [0.25, 0.3) is 11.8 Å². The maximum atomic E-state index is 12.0. The van der Waals surface area contributed by atoms with Gasteiger partial charge in [0, 0.05) is 18.2 Å². The summed E-state index contributed by atoms with van der Waals surface area (Å²) in [5.41, 5.74) is 5.67. The second kappa shape index (κ2) is 10.2. The molecule has 4 N–H and O–H groups in total. The molecule has 0 spiro atoms. The van der Waals surface area contributed by atoms with Crippen molar-refractivity contribution in [1.29, 1.82) is 0 Å². The number of halogens is 1. The third-order valence-electron chi connectivity index (χ3n) is 3.21. The van der Waals surface area contributed by atoms with Crippen molar-refractivity contribution >= 4 is 52.3 Å². The molecule has 10 heteroatoms. The molecule has 2 aromatic carbocycles. The van der Waals surface area contributed by atoms with Crippen LogP contribution in [0.4, 0.5) is 5.69 Å². The van der Waals surface area contributed by atoms with Crippen molar-refractivity contribution in [2.45, 2.75) is 6.92 Å². The number of hydrogen-bond donors (Lipinski definition) is 4. The molecule has 2 rings (SSSR count). The summed E-state index contributed by atoms with van der Waals surface area (Å²) >= 11 is 10.9. The molecule has 3 amide bonds. The van der Waals surface area contributed by atoms with Gasteiger partial charge in [0.1, 0.15) is 5.75 Å². The summed E-state index contributed by atoms with van der Waals surface area (Å²) in [7, 11) is 0. The van der Waals surface area contributed by atoms with Crippen molar-refractivity contribution in [3.63, 3.8) is 0 Å². The number of nitrogens with one attached hydrogen (secondary N) is 4. The number of para-hydroxylation sites is 1. The summed E-state index contributed by atoms with van der Waals surface area (Å²) in [6, 6.07) is 13.0. The standard InChI is InChI=1S/C18H17ClN4O4S/c1-11(24)20-13-8-6-12(7-9-13)17(26)22-23-18(28)21-16(25)10-27-15-5-3-2-4-14(15)19/h2-9H,10H2,1H3,(H,20,24)(H,22,26)(H2,21,23,25,28). The van der Waals surface area contributed by atoms with Gasteiger partial charge in [0.15, 0.2) is 11.7 Å². The molecule has 28 heavy (non-hydrogen) atoms. The first-order chi connectivity index (χ1) is 13.3. The van der Waals surface area contributed by atoms with Crippen LogP contribution in [0.3, 0.4) is 0 Å². The highest BCUT2D eigenvalue weighted by atomic mass is 35.5. The fourth-order valence-corrected chi connectivity index (χ4v) is 2.35. The second-order valence-electron chi connectivity index (χ2n) is 5.43. The number of carbonyl (C=O) groups excluding carboxylic acids is 3. The van der Waals surface area contributed by atoms with Gasteiger partial charge in [0.2, 0.25) is 5.91 Å². The molecule has 0 radical (unpaired) electrons.